The smallest absolute Gasteiger partial charge is 0.160 e. The third kappa shape index (κ3) is 12.5. The molecule has 0 fully saturated rings. The predicted octanol–water partition coefficient (Wildman–Crippen LogP) is 26.9. The molecule has 22 rings (SSSR count). The van der Waals surface area contributed by atoms with E-state index in [9.17, 15) is 0 Å². The Morgan fingerprint density at radius 1 is 0.237 bits per heavy atom. The first-order valence-electron chi connectivity index (χ1n) is 40.0. The number of aliphatic imine (C=N–C) groups is 2. The molecule has 1 atom stereocenters. The topological polar surface area (TPSA) is 98.2 Å². The minimum absolute atomic E-state index is 0.348. The summed E-state index contributed by atoms with van der Waals surface area (Å²) in [6, 6.07) is 148. The second-order valence-corrected chi connectivity index (χ2v) is 30.1. The first-order valence-corrected chi connectivity index (χ1v) is 40.0. The molecule has 0 spiro atoms. The molecule has 9 heteroatoms. The molecule has 0 bridgehead atoms. The zero-order valence-electron chi connectivity index (χ0n) is 64.0. The summed E-state index contributed by atoms with van der Waals surface area (Å²) < 4.78 is 4.77. The lowest BCUT2D eigenvalue weighted by Crippen LogP contribution is -2.33. The van der Waals surface area contributed by atoms with Gasteiger partial charge in [-0.2, -0.15) is 0 Å². The summed E-state index contributed by atoms with van der Waals surface area (Å²) in [5, 5.41) is 10.8. The largest absolute Gasteiger partial charge is 0.344 e. The van der Waals surface area contributed by atoms with Gasteiger partial charge in [0, 0.05) is 82.6 Å². The average Bonchev–Trinajstić information content (AvgIpc) is 1.56. The predicted molar refractivity (Wildman–Crippen MR) is 488 cm³/mol. The van der Waals surface area contributed by atoms with E-state index in [1.165, 1.54) is 21.5 Å². The van der Waals surface area contributed by atoms with Crippen molar-refractivity contribution in [2.24, 2.45) is 9.98 Å². The third-order valence-electron chi connectivity index (χ3n) is 23.0. The van der Waals surface area contributed by atoms with E-state index in [0.717, 1.165) is 184 Å². The van der Waals surface area contributed by atoms with Crippen LogP contribution in [0.3, 0.4) is 0 Å². The van der Waals surface area contributed by atoms with Gasteiger partial charge in [-0.3, -0.25) is 0 Å². The van der Waals surface area contributed by atoms with Crippen LogP contribution < -0.4 is 5.32 Å². The van der Waals surface area contributed by atoms with Crippen LogP contribution >= 0.6 is 0 Å². The molecule has 0 saturated heterocycles. The fourth-order valence-electron chi connectivity index (χ4n) is 17.1. The number of fused-ring (bicyclic) bond motifs is 10. The van der Waals surface area contributed by atoms with Crippen molar-refractivity contribution in [3.63, 3.8) is 0 Å². The highest BCUT2D eigenvalue weighted by Gasteiger charge is 2.26. The number of hydrogen-bond acceptors (Lipinski definition) is 7. The van der Waals surface area contributed by atoms with Crippen LogP contribution in [-0.4, -0.2) is 40.7 Å². The van der Waals surface area contributed by atoms with E-state index in [4.69, 9.17) is 29.9 Å². The van der Waals surface area contributed by atoms with E-state index in [1.807, 2.05) is 6.07 Å². The minimum atomic E-state index is -0.348. The van der Waals surface area contributed by atoms with E-state index in [0.29, 0.717) is 11.7 Å². The Labute approximate surface area is 681 Å². The Bertz CT molecular complexity index is 7470. The normalized spacial score (nSPS) is 12.8. The van der Waals surface area contributed by atoms with Crippen molar-refractivity contribution < 1.29 is 0 Å². The number of amidine groups is 2. The van der Waals surface area contributed by atoms with Gasteiger partial charge in [-0.25, -0.2) is 29.9 Å². The number of pyridine rings is 2. The van der Waals surface area contributed by atoms with Gasteiger partial charge in [-0.05, 0) is 122 Å². The first-order chi connectivity index (χ1) is 58.5. The maximum absolute atomic E-state index is 5.38. The van der Waals surface area contributed by atoms with Gasteiger partial charge in [-0.1, -0.05) is 358 Å². The second kappa shape index (κ2) is 29.3. The standard InChI is InChI=1S/C109H71N9/c1-5-22-70(23-6-1)71-44-52-79(53-45-71)96-69-97(80-54-46-73(47-55-80)76-60-64-88(65-61-76)117-98-38-19-15-34-92(98)100-90-32-13-17-36-94(90)110-102(104(100)117)81-24-7-2-8-25-81)113-109(112-96)87-31-21-30-86(68-87)78-42-40-72(41-43-78)74-48-56-84(57-49-74)107-114-106(83-28-11-4-12-29-83)115-108(116-107)85-58-50-75(51-59-85)77-62-66-89(67-63-77)118-99-39-20-16-35-93(99)101-91-33-14-18-37-95(91)111-103(105(101)118)82-26-9-3-10-27-82/h1-69,106H,(H,114,115,116). The second-order valence-electron chi connectivity index (χ2n) is 30.1. The van der Waals surface area contributed by atoms with Crippen LogP contribution in [0.25, 0.3) is 189 Å². The highest BCUT2D eigenvalue weighted by molar-refractivity contribution is 6.25. The van der Waals surface area contributed by atoms with Crippen molar-refractivity contribution >= 4 is 77.1 Å². The van der Waals surface area contributed by atoms with Gasteiger partial charge in [0.25, 0.3) is 0 Å². The molecular formula is C109H71N9. The maximum Gasteiger partial charge on any atom is 0.160 e. The lowest BCUT2D eigenvalue weighted by molar-refractivity contribution is 0.674. The van der Waals surface area contributed by atoms with Crippen molar-refractivity contribution in [1.29, 1.82) is 0 Å². The number of rotatable bonds is 15. The molecule has 1 aliphatic heterocycles. The number of aromatic nitrogens is 6. The van der Waals surface area contributed by atoms with Crippen molar-refractivity contribution in [2.75, 3.05) is 0 Å². The molecule has 1 unspecified atom stereocenters. The van der Waals surface area contributed by atoms with Crippen LogP contribution in [0.1, 0.15) is 22.9 Å². The van der Waals surface area contributed by atoms with Crippen LogP contribution in [-0.2, 0) is 0 Å². The summed E-state index contributed by atoms with van der Waals surface area (Å²) in [6.45, 7) is 0. The maximum atomic E-state index is 5.38. The Morgan fingerprint density at radius 2 is 0.568 bits per heavy atom. The molecular weight excluding hydrogens is 1440 g/mol. The van der Waals surface area contributed by atoms with Crippen molar-refractivity contribution in [3.05, 3.63) is 435 Å². The highest BCUT2D eigenvalue weighted by Crippen LogP contribution is 2.45. The van der Waals surface area contributed by atoms with Crippen LogP contribution in [0.4, 0.5) is 0 Å². The van der Waals surface area contributed by atoms with Crippen molar-refractivity contribution in [2.45, 2.75) is 6.17 Å². The average molecular weight is 1510 g/mol. The summed E-state index contributed by atoms with van der Waals surface area (Å²) in [7, 11) is 0. The van der Waals surface area contributed by atoms with Crippen LogP contribution in [0.15, 0.2) is 429 Å². The summed E-state index contributed by atoms with van der Waals surface area (Å²) in [5.41, 5.74) is 31.2. The number of benzene rings is 16. The summed E-state index contributed by atoms with van der Waals surface area (Å²) in [4.78, 5) is 31.9. The van der Waals surface area contributed by atoms with E-state index in [2.05, 4.69) is 427 Å². The lowest BCUT2D eigenvalue weighted by Gasteiger charge is -2.24. The summed E-state index contributed by atoms with van der Waals surface area (Å²) in [5.74, 6) is 2.06. The van der Waals surface area contributed by atoms with Crippen LogP contribution in [0.5, 0.6) is 0 Å². The van der Waals surface area contributed by atoms with Crippen molar-refractivity contribution in [1.82, 2.24) is 34.4 Å². The Balaban J connectivity index is 0.533. The van der Waals surface area contributed by atoms with E-state index < -0.39 is 0 Å². The van der Waals surface area contributed by atoms with Gasteiger partial charge < -0.3 is 14.5 Å². The van der Waals surface area contributed by atoms with Gasteiger partial charge in [0.15, 0.2) is 11.7 Å². The highest BCUT2D eigenvalue weighted by atomic mass is 15.2. The molecule has 6 heterocycles. The van der Waals surface area contributed by atoms with Crippen LogP contribution in [0, 0.1) is 0 Å². The van der Waals surface area contributed by atoms with Crippen molar-refractivity contribution in [3.8, 4) is 123 Å². The van der Waals surface area contributed by atoms with Gasteiger partial charge in [0.2, 0.25) is 0 Å². The Kier molecular flexibility index (Phi) is 17.1. The summed E-state index contributed by atoms with van der Waals surface area (Å²) in [6.07, 6.45) is -0.348. The quantitative estimate of drug-likeness (QED) is 0.110. The van der Waals surface area contributed by atoms with E-state index in [1.54, 1.807) is 0 Å². The first kappa shape index (κ1) is 68.9. The minimum Gasteiger partial charge on any atom is -0.344 e. The fourth-order valence-corrected chi connectivity index (χ4v) is 17.1. The Hall–Kier alpha value is -15.8. The molecule has 0 aliphatic carbocycles. The molecule has 21 aromatic rings. The number of hydrogen-bond donors (Lipinski definition) is 1. The molecule has 1 aliphatic rings. The van der Waals surface area contributed by atoms with Gasteiger partial charge in [0.05, 0.1) is 55.9 Å². The van der Waals surface area contributed by atoms with E-state index >= 15 is 0 Å². The van der Waals surface area contributed by atoms with Gasteiger partial charge >= 0.3 is 0 Å². The molecule has 0 saturated carbocycles. The molecule has 0 radical (unpaired) electrons. The molecule has 9 nitrogen and oxygen atoms in total. The number of nitrogens with zero attached hydrogens (tertiary/aromatic N) is 8. The third-order valence-corrected chi connectivity index (χ3v) is 23.0. The van der Waals surface area contributed by atoms with Gasteiger partial charge in [0.1, 0.15) is 12.0 Å². The molecule has 0 amide bonds. The fraction of sp³-hybridized carbons (Fsp3) is 0.00917. The number of para-hydroxylation sites is 4. The molecule has 16 aromatic carbocycles. The molecule has 118 heavy (non-hydrogen) atoms. The van der Waals surface area contributed by atoms with Gasteiger partial charge in [-0.15, -0.1) is 0 Å². The molecule has 552 valence electrons. The lowest BCUT2D eigenvalue weighted by atomic mass is 9.98. The van der Waals surface area contributed by atoms with E-state index in [-0.39, 0.29) is 6.17 Å². The number of nitrogens with one attached hydrogen (secondary N) is 1. The molecule has 1 N–H and O–H groups in total. The zero-order valence-corrected chi connectivity index (χ0v) is 64.0. The van der Waals surface area contributed by atoms with Crippen LogP contribution in [0.2, 0.25) is 0 Å². The summed E-state index contributed by atoms with van der Waals surface area (Å²) >= 11 is 0. The SMILES string of the molecule is c1ccc(-c2ccc(-c3cc(-c4ccc(-c5ccc(-n6c7ccccc7c7c8ccccc8nc(-c8ccccc8)c76)cc5)cc4)nc(-c4cccc(-c5ccc(-c6ccc(C7=NC(c8ccccc8)NC(c8ccc(-c9ccc(-n%10c%11ccccc%11c%11c%12ccccc%12nc(-c%12ccccc%12)c%11%10)cc9)cc8)=N7)cc6)cc5)c4)n3)cc2)cc1. The monoisotopic (exact) mass is 1510 g/mol. The zero-order chi connectivity index (χ0) is 78.0. The Morgan fingerprint density at radius 3 is 1.02 bits per heavy atom. The molecule has 5 aromatic heterocycles.